The van der Waals surface area contributed by atoms with Crippen molar-refractivity contribution in [2.75, 3.05) is 0 Å². The molecule has 3 rings (SSSR count). The topological polar surface area (TPSA) is 48.4 Å². The smallest absolute Gasteiger partial charge is 0.345 e. The molecule has 1 heterocycles. The van der Waals surface area contributed by atoms with Gasteiger partial charge in [0.15, 0.2) is 0 Å². The summed E-state index contributed by atoms with van der Waals surface area (Å²) in [6.07, 6.45) is 1.65. The zero-order valence-electron chi connectivity index (χ0n) is 12.0. The summed E-state index contributed by atoms with van der Waals surface area (Å²) in [5.41, 5.74) is 0.322. The van der Waals surface area contributed by atoms with Gasteiger partial charge in [0, 0.05) is 12.3 Å². The molecule has 0 N–H and O–H groups in total. The standard InChI is InChI=1S/C18H12ClNO3/c19-16-6-2-1-5-15(16)18(21)23-14-10-8-13(9-11-14)22-17-7-3-4-12-20-17/h1-12H. The van der Waals surface area contributed by atoms with Crippen molar-refractivity contribution in [1.29, 1.82) is 0 Å². The van der Waals surface area contributed by atoms with Crippen LogP contribution in [0.1, 0.15) is 10.4 Å². The molecule has 2 aromatic carbocycles. The number of hydrogen-bond donors (Lipinski definition) is 0. The van der Waals surface area contributed by atoms with Crippen molar-refractivity contribution in [3.05, 3.63) is 83.5 Å². The van der Waals surface area contributed by atoms with Crippen LogP contribution in [0.2, 0.25) is 5.02 Å². The van der Waals surface area contributed by atoms with Gasteiger partial charge in [-0.1, -0.05) is 29.8 Å². The van der Waals surface area contributed by atoms with Crippen LogP contribution in [0.25, 0.3) is 0 Å². The number of hydrogen-bond acceptors (Lipinski definition) is 4. The predicted molar refractivity (Wildman–Crippen MR) is 87.2 cm³/mol. The summed E-state index contributed by atoms with van der Waals surface area (Å²) in [4.78, 5) is 16.1. The first-order chi connectivity index (χ1) is 11.2. The number of rotatable bonds is 4. The first-order valence-electron chi connectivity index (χ1n) is 6.88. The maximum Gasteiger partial charge on any atom is 0.345 e. The highest BCUT2D eigenvalue weighted by molar-refractivity contribution is 6.33. The average Bonchev–Trinajstić information content (AvgIpc) is 2.58. The maximum absolute atomic E-state index is 12.1. The van der Waals surface area contributed by atoms with Crippen LogP contribution in [-0.2, 0) is 0 Å². The van der Waals surface area contributed by atoms with Gasteiger partial charge in [0.2, 0.25) is 5.88 Å². The third kappa shape index (κ3) is 3.87. The molecule has 4 nitrogen and oxygen atoms in total. The lowest BCUT2D eigenvalue weighted by molar-refractivity contribution is 0.0735. The molecule has 0 aliphatic carbocycles. The zero-order chi connectivity index (χ0) is 16.1. The Morgan fingerprint density at radius 3 is 2.26 bits per heavy atom. The minimum absolute atomic E-state index is 0.322. The van der Waals surface area contributed by atoms with Gasteiger partial charge in [-0.15, -0.1) is 0 Å². The Morgan fingerprint density at radius 1 is 0.870 bits per heavy atom. The summed E-state index contributed by atoms with van der Waals surface area (Å²) in [7, 11) is 0. The van der Waals surface area contributed by atoms with E-state index in [1.54, 1.807) is 60.8 Å². The number of benzene rings is 2. The lowest BCUT2D eigenvalue weighted by Gasteiger charge is -2.07. The fraction of sp³-hybridized carbons (Fsp3) is 0. The summed E-state index contributed by atoms with van der Waals surface area (Å²) < 4.78 is 10.9. The second-order valence-corrected chi connectivity index (χ2v) is 5.02. The van der Waals surface area contributed by atoms with E-state index in [4.69, 9.17) is 21.1 Å². The van der Waals surface area contributed by atoms with E-state index in [9.17, 15) is 4.79 Å². The van der Waals surface area contributed by atoms with Gasteiger partial charge in [0.1, 0.15) is 11.5 Å². The highest BCUT2D eigenvalue weighted by atomic mass is 35.5. The molecular formula is C18H12ClNO3. The number of carbonyl (C=O) groups excluding carboxylic acids is 1. The summed E-state index contributed by atoms with van der Waals surface area (Å²) in [5.74, 6) is 0.992. The molecule has 0 bridgehead atoms. The van der Waals surface area contributed by atoms with Gasteiger partial charge in [0.25, 0.3) is 0 Å². The summed E-state index contributed by atoms with van der Waals surface area (Å²) in [5, 5.41) is 0.354. The van der Waals surface area contributed by atoms with Crippen LogP contribution in [0.5, 0.6) is 17.4 Å². The van der Waals surface area contributed by atoms with E-state index in [0.29, 0.717) is 28.0 Å². The molecule has 5 heteroatoms. The van der Waals surface area contributed by atoms with E-state index in [1.807, 2.05) is 12.1 Å². The van der Waals surface area contributed by atoms with E-state index >= 15 is 0 Å². The number of pyridine rings is 1. The number of aromatic nitrogens is 1. The normalized spacial score (nSPS) is 10.1. The third-order valence-corrected chi connectivity index (χ3v) is 3.32. The van der Waals surface area contributed by atoms with E-state index < -0.39 is 5.97 Å². The highest BCUT2D eigenvalue weighted by Gasteiger charge is 2.12. The number of carbonyl (C=O) groups is 1. The molecule has 0 aliphatic rings. The predicted octanol–water partition coefficient (Wildman–Crippen LogP) is 4.75. The molecule has 0 saturated carbocycles. The van der Waals surface area contributed by atoms with Crippen molar-refractivity contribution in [3.63, 3.8) is 0 Å². The van der Waals surface area contributed by atoms with Gasteiger partial charge >= 0.3 is 5.97 Å². The summed E-state index contributed by atoms with van der Waals surface area (Å²) >= 11 is 5.97. The van der Waals surface area contributed by atoms with E-state index in [2.05, 4.69) is 4.98 Å². The van der Waals surface area contributed by atoms with Crippen molar-refractivity contribution in [1.82, 2.24) is 4.98 Å². The van der Waals surface area contributed by atoms with E-state index in [0.717, 1.165) is 0 Å². The second-order valence-electron chi connectivity index (χ2n) is 4.61. The third-order valence-electron chi connectivity index (χ3n) is 2.99. The van der Waals surface area contributed by atoms with Crippen LogP contribution in [0.15, 0.2) is 72.9 Å². The minimum atomic E-state index is -0.506. The second kappa shape index (κ2) is 6.94. The first kappa shape index (κ1) is 15.1. The van der Waals surface area contributed by atoms with Gasteiger partial charge in [-0.05, 0) is 42.5 Å². The van der Waals surface area contributed by atoms with Crippen LogP contribution >= 0.6 is 11.6 Å². The first-order valence-corrected chi connectivity index (χ1v) is 7.26. The van der Waals surface area contributed by atoms with Crippen molar-refractivity contribution in [2.45, 2.75) is 0 Å². The zero-order valence-corrected chi connectivity index (χ0v) is 12.7. The molecule has 114 valence electrons. The lowest BCUT2D eigenvalue weighted by atomic mass is 10.2. The van der Waals surface area contributed by atoms with E-state index in [1.165, 1.54) is 0 Å². The molecular weight excluding hydrogens is 314 g/mol. The van der Waals surface area contributed by atoms with Crippen LogP contribution in [0, 0.1) is 0 Å². The Kier molecular flexibility index (Phi) is 4.54. The summed E-state index contributed by atoms with van der Waals surface area (Å²) in [6, 6.07) is 18.8. The van der Waals surface area contributed by atoms with Gasteiger partial charge in [0.05, 0.1) is 10.6 Å². The van der Waals surface area contributed by atoms with Crippen molar-refractivity contribution in [2.24, 2.45) is 0 Å². The quantitative estimate of drug-likeness (QED) is 0.513. The molecule has 23 heavy (non-hydrogen) atoms. The molecule has 0 amide bonds. The fourth-order valence-corrected chi connectivity index (χ4v) is 2.11. The minimum Gasteiger partial charge on any atom is -0.439 e. The van der Waals surface area contributed by atoms with Crippen LogP contribution in [-0.4, -0.2) is 11.0 Å². The van der Waals surface area contributed by atoms with Gasteiger partial charge < -0.3 is 9.47 Å². The number of nitrogens with zero attached hydrogens (tertiary/aromatic N) is 1. The Morgan fingerprint density at radius 2 is 1.57 bits per heavy atom. The molecule has 0 spiro atoms. The Hall–Kier alpha value is -2.85. The molecule has 0 fully saturated rings. The Balaban J connectivity index is 1.68. The summed E-state index contributed by atoms with van der Waals surface area (Å²) in [6.45, 7) is 0. The fourth-order valence-electron chi connectivity index (χ4n) is 1.89. The lowest BCUT2D eigenvalue weighted by Crippen LogP contribution is -2.08. The number of ether oxygens (including phenoxy) is 2. The number of esters is 1. The van der Waals surface area contributed by atoms with Gasteiger partial charge in [-0.25, -0.2) is 9.78 Å². The number of halogens is 1. The molecule has 0 aliphatic heterocycles. The van der Waals surface area contributed by atoms with Gasteiger partial charge in [-0.3, -0.25) is 0 Å². The van der Waals surface area contributed by atoms with Crippen molar-refractivity contribution >= 4 is 17.6 Å². The van der Waals surface area contributed by atoms with Crippen LogP contribution < -0.4 is 9.47 Å². The SMILES string of the molecule is O=C(Oc1ccc(Oc2ccccn2)cc1)c1ccccc1Cl. The average molecular weight is 326 g/mol. The molecule has 1 aromatic heterocycles. The van der Waals surface area contributed by atoms with Crippen LogP contribution in [0.4, 0.5) is 0 Å². The van der Waals surface area contributed by atoms with Crippen molar-refractivity contribution in [3.8, 4) is 17.4 Å². The monoisotopic (exact) mass is 325 g/mol. The van der Waals surface area contributed by atoms with Crippen LogP contribution in [0.3, 0.4) is 0 Å². The molecule has 0 saturated heterocycles. The Labute approximate surface area is 138 Å². The Bertz CT molecular complexity index is 804. The maximum atomic E-state index is 12.1. The van der Waals surface area contributed by atoms with Crippen molar-refractivity contribution < 1.29 is 14.3 Å². The van der Waals surface area contributed by atoms with Gasteiger partial charge in [-0.2, -0.15) is 0 Å². The molecule has 0 atom stereocenters. The molecule has 3 aromatic rings. The molecule has 0 radical (unpaired) electrons. The highest BCUT2D eigenvalue weighted by Crippen LogP contribution is 2.23. The largest absolute Gasteiger partial charge is 0.439 e. The van der Waals surface area contributed by atoms with E-state index in [-0.39, 0.29) is 0 Å². The molecule has 0 unspecified atom stereocenters.